The van der Waals surface area contributed by atoms with Gasteiger partial charge in [-0.1, -0.05) is 19.4 Å². The van der Waals surface area contributed by atoms with Gasteiger partial charge in [-0.05, 0) is 38.2 Å². The molecule has 0 N–H and O–H groups in total. The lowest BCUT2D eigenvalue weighted by atomic mass is 9.99. The predicted molar refractivity (Wildman–Crippen MR) is 59.4 cm³/mol. The summed E-state index contributed by atoms with van der Waals surface area (Å²) < 4.78 is 4.93. The molecule has 0 aromatic heterocycles. The maximum Gasteiger partial charge on any atom is 0.316 e. The minimum absolute atomic E-state index is 0.0137. The van der Waals surface area contributed by atoms with Crippen LogP contribution in [0, 0.1) is 10.8 Å². The Morgan fingerprint density at radius 3 is 2.20 bits per heavy atom. The van der Waals surface area contributed by atoms with Crippen molar-refractivity contribution >= 4 is 5.97 Å². The summed E-state index contributed by atoms with van der Waals surface area (Å²) in [6.07, 6.45) is 4.94. The molecule has 2 aliphatic rings. The van der Waals surface area contributed by atoms with E-state index in [1.807, 2.05) is 6.92 Å². The molecule has 2 saturated carbocycles. The van der Waals surface area contributed by atoms with Crippen LogP contribution in [0.1, 0.15) is 46.5 Å². The lowest BCUT2D eigenvalue weighted by Crippen LogP contribution is -2.19. The summed E-state index contributed by atoms with van der Waals surface area (Å²) in [7, 11) is 1.49. The minimum Gasteiger partial charge on any atom is -0.468 e. The molecule has 0 bridgehead atoms. The molecule has 2 heteroatoms. The third-order valence-electron chi connectivity index (χ3n) is 4.47. The Kier molecular flexibility index (Phi) is 2.21. The molecule has 1 unspecified atom stereocenters. The molecular formula is C13H20O2. The third kappa shape index (κ3) is 1.20. The Balaban J connectivity index is 2.37. The molecule has 0 aromatic rings. The molecule has 0 spiro atoms. The van der Waals surface area contributed by atoms with Crippen LogP contribution in [0.15, 0.2) is 11.1 Å². The van der Waals surface area contributed by atoms with Crippen molar-refractivity contribution in [2.45, 2.75) is 46.5 Å². The SMILES string of the molecule is COC(=O)C1(C)C(=C2CCCC2)C1(C)C. The smallest absolute Gasteiger partial charge is 0.316 e. The second-order valence-corrected chi connectivity index (χ2v) is 5.43. The maximum atomic E-state index is 11.8. The van der Waals surface area contributed by atoms with Crippen molar-refractivity contribution in [3.63, 3.8) is 0 Å². The monoisotopic (exact) mass is 208 g/mol. The number of methoxy groups -OCH3 is 1. The number of ether oxygens (including phenoxy) is 1. The van der Waals surface area contributed by atoms with Gasteiger partial charge in [0.05, 0.1) is 12.5 Å². The van der Waals surface area contributed by atoms with Crippen LogP contribution in [0.25, 0.3) is 0 Å². The number of hydrogen-bond donors (Lipinski definition) is 0. The molecule has 0 amide bonds. The van der Waals surface area contributed by atoms with E-state index in [-0.39, 0.29) is 16.8 Å². The highest BCUT2D eigenvalue weighted by molar-refractivity contribution is 5.89. The lowest BCUT2D eigenvalue weighted by Gasteiger charge is -2.09. The summed E-state index contributed by atoms with van der Waals surface area (Å²) in [5.41, 5.74) is 2.55. The van der Waals surface area contributed by atoms with Gasteiger partial charge in [0.25, 0.3) is 0 Å². The molecule has 1 atom stereocenters. The molecule has 0 radical (unpaired) electrons. The number of carbonyl (C=O) groups is 1. The van der Waals surface area contributed by atoms with Crippen LogP contribution in [0.4, 0.5) is 0 Å². The van der Waals surface area contributed by atoms with E-state index < -0.39 is 0 Å². The van der Waals surface area contributed by atoms with Crippen LogP contribution in [-0.2, 0) is 9.53 Å². The first-order valence-corrected chi connectivity index (χ1v) is 5.77. The Labute approximate surface area is 91.7 Å². The first-order chi connectivity index (χ1) is 6.96. The summed E-state index contributed by atoms with van der Waals surface area (Å²) in [4.78, 5) is 11.8. The fourth-order valence-corrected chi connectivity index (χ4v) is 3.25. The highest BCUT2D eigenvalue weighted by Crippen LogP contribution is 2.71. The van der Waals surface area contributed by atoms with Crippen molar-refractivity contribution in [2.75, 3.05) is 7.11 Å². The van der Waals surface area contributed by atoms with Crippen LogP contribution < -0.4 is 0 Å². The van der Waals surface area contributed by atoms with E-state index >= 15 is 0 Å². The van der Waals surface area contributed by atoms with Gasteiger partial charge in [0.1, 0.15) is 0 Å². The standard InChI is InChI=1S/C13H20O2/c1-12(2)10(9-7-5-6-8-9)13(12,3)11(14)15-4/h5-8H2,1-4H3. The number of rotatable bonds is 1. The highest BCUT2D eigenvalue weighted by atomic mass is 16.5. The van der Waals surface area contributed by atoms with E-state index in [2.05, 4.69) is 13.8 Å². The molecule has 15 heavy (non-hydrogen) atoms. The van der Waals surface area contributed by atoms with Crippen LogP contribution in [0.3, 0.4) is 0 Å². The van der Waals surface area contributed by atoms with Crippen LogP contribution in [-0.4, -0.2) is 13.1 Å². The molecule has 2 aliphatic carbocycles. The van der Waals surface area contributed by atoms with Crippen molar-refractivity contribution in [1.82, 2.24) is 0 Å². The number of esters is 1. The zero-order chi connectivity index (χ0) is 11.3. The summed E-state index contributed by atoms with van der Waals surface area (Å²) in [6.45, 7) is 6.34. The molecule has 84 valence electrons. The van der Waals surface area contributed by atoms with Gasteiger partial charge in [0, 0.05) is 5.41 Å². The Hall–Kier alpha value is -0.790. The second-order valence-electron chi connectivity index (χ2n) is 5.43. The van der Waals surface area contributed by atoms with Crippen LogP contribution in [0.5, 0.6) is 0 Å². The summed E-state index contributed by atoms with van der Waals surface area (Å²) in [5, 5.41) is 0. The van der Waals surface area contributed by atoms with E-state index in [0.29, 0.717) is 0 Å². The second kappa shape index (κ2) is 3.10. The zero-order valence-corrected chi connectivity index (χ0v) is 10.1. The van der Waals surface area contributed by atoms with E-state index in [0.717, 1.165) is 0 Å². The van der Waals surface area contributed by atoms with E-state index in [1.165, 1.54) is 43.9 Å². The summed E-state index contributed by atoms with van der Waals surface area (Å²) in [6, 6.07) is 0. The first kappa shape index (κ1) is 10.7. The largest absolute Gasteiger partial charge is 0.468 e. The minimum atomic E-state index is -0.346. The molecule has 2 nitrogen and oxygen atoms in total. The van der Waals surface area contributed by atoms with Crippen molar-refractivity contribution < 1.29 is 9.53 Å². The van der Waals surface area contributed by atoms with Crippen molar-refractivity contribution in [2.24, 2.45) is 10.8 Å². The highest BCUT2D eigenvalue weighted by Gasteiger charge is 2.69. The molecule has 0 aromatic carbocycles. The average Bonchev–Trinajstić information content (AvgIpc) is 2.64. The Morgan fingerprint density at radius 1 is 1.20 bits per heavy atom. The maximum absolute atomic E-state index is 11.8. The molecule has 2 rings (SSSR count). The first-order valence-electron chi connectivity index (χ1n) is 5.77. The number of allylic oxidation sites excluding steroid dienone is 1. The molecular weight excluding hydrogens is 188 g/mol. The van der Waals surface area contributed by atoms with E-state index in [1.54, 1.807) is 0 Å². The van der Waals surface area contributed by atoms with Gasteiger partial charge in [0.2, 0.25) is 0 Å². The summed E-state index contributed by atoms with van der Waals surface area (Å²) in [5.74, 6) is -0.0677. The predicted octanol–water partition coefficient (Wildman–Crippen LogP) is 3.08. The van der Waals surface area contributed by atoms with E-state index in [9.17, 15) is 4.79 Å². The molecule has 2 fully saturated rings. The normalized spacial score (nSPS) is 33.1. The van der Waals surface area contributed by atoms with Crippen molar-refractivity contribution in [1.29, 1.82) is 0 Å². The van der Waals surface area contributed by atoms with Gasteiger partial charge < -0.3 is 4.74 Å². The van der Waals surface area contributed by atoms with Gasteiger partial charge in [0.15, 0.2) is 0 Å². The van der Waals surface area contributed by atoms with Crippen LogP contribution in [0.2, 0.25) is 0 Å². The number of hydrogen-bond acceptors (Lipinski definition) is 2. The Morgan fingerprint density at radius 2 is 1.73 bits per heavy atom. The Bertz CT molecular complexity index is 330. The fraction of sp³-hybridized carbons (Fsp3) is 0.769. The van der Waals surface area contributed by atoms with Crippen molar-refractivity contribution in [3.05, 3.63) is 11.1 Å². The quantitative estimate of drug-likeness (QED) is 0.489. The van der Waals surface area contributed by atoms with Gasteiger partial charge in [-0.15, -0.1) is 0 Å². The van der Waals surface area contributed by atoms with Gasteiger partial charge in [-0.3, -0.25) is 4.79 Å². The molecule has 0 heterocycles. The topological polar surface area (TPSA) is 26.3 Å². The van der Waals surface area contributed by atoms with Gasteiger partial charge in [-0.2, -0.15) is 0 Å². The molecule has 0 aliphatic heterocycles. The number of carbonyl (C=O) groups excluding carboxylic acids is 1. The molecule has 0 saturated heterocycles. The van der Waals surface area contributed by atoms with Crippen molar-refractivity contribution in [3.8, 4) is 0 Å². The summed E-state index contributed by atoms with van der Waals surface area (Å²) >= 11 is 0. The average molecular weight is 208 g/mol. The third-order valence-corrected chi connectivity index (χ3v) is 4.47. The lowest BCUT2D eigenvalue weighted by molar-refractivity contribution is -0.147. The van der Waals surface area contributed by atoms with Crippen LogP contribution >= 0.6 is 0 Å². The zero-order valence-electron chi connectivity index (χ0n) is 10.1. The fourth-order valence-electron chi connectivity index (χ4n) is 3.25. The van der Waals surface area contributed by atoms with E-state index in [4.69, 9.17) is 4.74 Å². The van der Waals surface area contributed by atoms with Gasteiger partial charge >= 0.3 is 5.97 Å². The van der Waals surface area contributed by atoms with Gasteiger partial charge in [-0.25, -0.2) is 0 Å².